The number of ether oxygens (including phenoxy) is 1. The molecule has 5 N–H and O–H groups in total. The molecule has 106 valence electrons. The minimum Gasteiger partial charge on any atom is -0.459 e. The van der Waals surface area contributed by atoms with Crippen LogP contribution in [-0.4, -0.2) is 71.0 Å². The number of hydrogen-bond acceptors (Lipinski definition) is 7. The van der Waals surface area contributed by atoms with Crippen LogP contribution in [0.25, 0.3) is 0 Å². The van der Waals surface area contributed by atoms with Gasteiger partial charge in [0.2, 0.25) is 0 Å². The second kappa shape index (κ2) is 8.17. The molecule has 0 rings (SSSR count). The molecule has 18 heavy (non-hydrogen) atoms. The fourth-order valence-corrected chi connectivity index (χ4v) is 1.17. The number of likely N-dealkylation sites (N-methyl/N-ethyl adjacent to an activating group) is 1. The standard InChI is InChI=1S/C11H21NO6/c1-6(2)11(17)18-5-8(14)10(16)9(15)7(13)4-12-3/h7-10,12-16H,1,4-5H2,2-3H3. The number of carbonyl (C=O) groups is 1. The monoisotopic (exact) mass is 263 g/mol. The van der Waals surface area contributed by atoms with Gasteiger partial charge in [-0.15, -0.1) is 0 Å². The summed E-state index contributed by atoms with van der Waals surface area (Å²) in [5.74, 6) is -0.702. The first kappa shape index (κ1) is 17.0. The van der Waals surface area contributed by atoms with Gasteiger partial charge in [-0.2, -0.15) is 0 Å². The predicted molar refractivity (Wildman–Crippen MR) is 63.7 cm³/mol. The van der Waals surface area contributed by atoms with E-state index in [0.29, 0.717) is 0 Å². The molecule has 0 aromatic heterocycles. The fourth-order valence-electron chi connectivity index (χ4n) is 1.17. The normalized spacial score (nSPS) is 17.7. The van der Waals surface area contributed by atoms with Crippen molar-refractivity contribution in [2.24, 2.45) is 0 Å². The summed E-state index contributed by atoms with van der Waals surface area (Å²) in [5.41, 5.74) is 0.160. The first-order valence-electron chi connectivity index (χ1n) is 5.50. The minimum atomic E-state index is -1.62. The number of aliphatic hydroxyl groups excluding tert-OH is 4. The Morgan fingerprint density at radius 3 is 2.17 bits per heavy atom. The van der Waals surface area contributed by atoms with Crippen molar-refractivity contribution in [3.05, 3.63) is 12.2 Å². The Bertz CT molecular complexity index is 283. The topological polar surface area (TPSA) is 119 Å². The SMILES string of the molecule is C=C(C)C(=O)OCC(O)C(O)C(O)C(O)CNC. The van der Waals surface area contributed by atoms with E-state index in [9.17, 15) is 25.2 Å². The van der Waals surface area contributed by atoms with Gasteiger partial charge in [-0.1, -0.05) is 6.58 Å². The molecule has 0 aliphatic carbocycles. The Labute approximate surface area is 106 Å². The van der Waals surface area contributed by atoms with Crippen molar-refractivity contribution in [2.45, 2.75) is 31.3 Å². The maximum absolute atomic E-state index is 11.0. The molecule has 0 radical (unpaired) electrons. The molecular formula is C11H21NO6. The molecule has 0 aromatic carbocycles. The van der Waals surface area contributed by atoms with Gasteiger partial charge >= 0.3 is 5.97 Å². The third kappa shape index (κ3) is 5.56. The highest BCUT2D eigenvalue weighted by atomic mass is 16.5. The van der Waals surface area contributed by atoms with Crippen molar-refractivity contribution in [3.8, 4) is 0 Å². The molecule has 0 aliphatic heterocycles. The highest BCUT2D eigenvalue weighted by Gasteiger charge is 2.30. The molecule has 0 bridgehead atoms. The van der Waals surface area contributed by atoms with Gasteiger partial charge in [0.1, 0.15) is 24.9 Å². The smallest absolute Gasteiger partial charge is 0.333 e. The van der Waals surface area contributed by atoms with Gasteiger partial charge in [-0.25, -0.2) is 4.79 Å². The van der Waals surface area contributed by atoms with Crippen LogP contribution in [0.4, 0.5) is 0 Å². The first-order chi connectivity index (χ1) is 8.31. The second-order valence-electron chi connectivity index (χ2n) is 4.05. The quantitative estimate of drug-likeness (QED) is 0.248. The lowest BCUT2D eigenvalue weighted by Gasteiger charge is -2.26. The summed E-state index contributed by atoms with van der Waals surface area (Å²) in [6.07, 6.45) is -5.89. The molecule has 0 fully saturated rings. The van der Waals surface area contributed by atoms with Crippen LogP contribution in [0.5, 0.6) is 0 Å². The number of nitrogens with one attached hydrogen (secondary N) is 1. The summed E-state index contributed by atoms with van der Waals surface area (Å²) in [6.45, 7) is 4.35. The van der Waals surface area contributed by atoms with E-state index >= 15 is 0 Å². The molecule has 0 aromatic rings. The van der Waals surface area contributed by atoms with Crippen LogP contribution in [0.3, 0.4) is 0 Å². The molecule has 4 unspecified atom stereocenters. The van der Waals surface area contributed by atoms with Crippen LogP contribution < -0.4 is 5.32 Å². The minimum absolute atomic E-state index is 0.0521. The van der Waals surface area contributed by atoms with Crippen molar-refractivity contribution in [3.63, 3.8) is 0 Å². The van der Waals surface area contributed by atoms with Crippen LogP contribution in [0.1, 0.15) is 6.92 Å². The lowest BCUT2D eigenvalue weighted by molar-refractivity contribution is -0.150. The zero-order chi connectivity index (χ0) is 14.3. The Morgan fingerprint density at radius 1 is 1.22 bits per heavy atom. The highest BCUT2D eigenvalue weighted by Crippen LogP contribution is 2.06. The van der Waals surface area contributed by atoms with Gasteiger partial charge in [0, 0.05) is 12.1 Å². The van der Waals surface area contributed by atoms with E-state index in [0.717, 1.165) is 0 Å². The summed E-state index contributed by atoms with van der Waals surface area (Å²) in [5, 5.41) is 40.5. The number of aliphatic hydroxyl groups is 4. The van der Waals surface area contributed by atoms with Crippen LogP contribution in [-0.2, 0) is 9.53 Å². The van der Waals surface area contributed by atoms with Gasteiger partial charge in [0.25, 0.3) is 0 Å². The predicted octanol–water partition coefficient (Wildman–Crippen LogP) is -2.23. The van der Waals surface area contributed by atoms with Gasteiger partial charge in [0.15, 0.2) is 0 Å². The Hall–Kier alpha value is -0.990. The second-order valence-corrected chi connectivity index (χ2v) is 4.05. The number of rotatable bonds is 8. The lowest BCUT2D eigenvalue weighted by atomic mass is 10.0. The van der Waals surface area contributed by atoms with Crippen molar-refractivity contribution in [2.75, 3.05) is 20.2 Å². The van der Waals surface area contributed by atoms with E-state index in [1.54, 1.807) is 7.05 Å². The highest BCUT2D eigenvalue weighted by molar-refractivity contribution is 5.86. The molecule has 0 heterocycles. The Kier molecular flexibility index (Phi) is 7.72. The van der Waals surface area contributed by atoms with Crippen LogP contribution >= 0.6 is 0 Å². The van der Waals surface area contributed by atoms with E-state index < -0.39 is 37.0 Å². The molecule has 7 nitrogen and oxygen atoms in total. The van der Waals surface area contributed by atoms with Crippen molar-refractivity contribution in [1.29, 1.82) is 0 Å². The summed E-state index contributed by atoms with van der Waals surface area (Å²) in [4.78, 5) is 11.0. The van der Waals surface area contributed by atoms with E-state index in [4.69, 9.17) is 0 Å². The van der Waals surface area contributed by atoms with Gasteiger partial charge in [0.05, 0.1) is 6.10 Å². The molecule has 4 atom stereocenters. The lowest BCUT2D eigenvalue weighted by Crippen LogP contribution is -2.49. The van der Waals surface area contributed by atoms with Gasteiger partial charge in [-0.3, -0.25) is 0 Å². The number of carbonyl (C=O) groups excluding carboxylic acids is 1. The van der Waals surface area contributed by atoms with Gasteiger partial charge in [-0.05, 0) is 14.0 Å². The Morgan fingerprint density at radius 2 is 1.72 bits per heavy atom. The third-order valence-electron chi connectivity index (χ3n) is 2.29. The van der Waals surface area contributed by atoms with Crippen molar-refractivity contribution in [1.82, 2.24) is 5.32 Å². The molecule has 0 aliphatic rings. The zero-order valence-corrected chi connectivity index (χ0v) is 10.5. The van der Waals surface area contributed by atoms with Crippen LogP contribution in [0.2, 0.25) is 0 Å². The summed E-state index contributed by atoms with van der Waals surface area (Å²) < 4.78 is 4.62. The molecular weight excluding hydrogens is 242 g/mol. The number of hydrogen-bond donors (Lipinski definition) is 5. The summed E-state index contributed by atoms with van der Waals surface area (Å²) in [7, 11) is 1.56. The molecule has 0 saturated carbocycles. The van der Waals surface area contributed by atoms with Crippen LogP contribution in [0.15, 0.2) is 12.2 Å². The molecule has 0 spiro atoms. The van der Waals surface area contributed by atoms with E-state index in [-0.39, 0.29) is 12.1 Å². The largest absolute Gasteiger partial charge is 0.459 e. The molecule has 0 saturated heterocycles. The summed E-state index contributed by atoms with van der Waals surface area (Å²) >= 11 is 0. The summed E-state index contributed by atoms with van der Waals surface area (Å²) in [6, 6.07) is 0. The zero-order valence-electron chi connectivity index (χ0n) is 10.5. The van der Waals surface area contributed by atoms with Gasteiger partial charge < -0.3 is 30.5 Å². The Balaban J connectivity index is 4.20. The van der Waals surface area contributed by atoms with Crippen molar-refractivity contribution >= 4 is 5.97 Å². The molecule has 0 amide bonds. The van der Waals surface area contributed by atoms with E-state index in [2.05, 4.69) is 16.6 Å². The fraction of sp³-hybridized carbons (Fsp3) is 0.727. The average Bonchev–Trinajstić information content (AvgIpc) is 2.33. The first-order valence-corrected chi connectivity index (χ1v) is 5.50. The van der Waals surface area contributed by atoms with E-state index in [1.807, 2.05) is 0 Å². The van der Waals surface area contributed by atoms with E-state index in [1.165, 1.54) is 6.92 Å². The average molecular weight is 263 g/mol. The number of esters is 1. The van der Waals surface area contributed by atoms with Crippen molar-refractivity contribution < 1.29 is 30.0 Å². The maximum Gasteiger partial charge on any atom is 0.333 e. The maximum atomic E-state index is 11.0. The van der Waals surface area contributed by atoms with Crippen LogP contribution in [0, 0.1) is 0 Å². The molecule has 7 heteroatoms. The third-order valence-corrected chi connectivity index (χ3v) is 2.29.